The summed E-state index contributed by atoms with van der Waals surface area (Å²) in [6.07, 6.45) is 0. The quantitative estimate of drug-likeness (QED) is 0.840. The van der Waals surface area contributed by atoms with Gasteiger partial charge in [-0.1, -0.05) is 12.1 Å². The molecule has 1 aliphatic heterocycles. The number of ether oxygens (including phenoxy) is 2. The maximum atomic E-state index is 12.0. The molecule has 0 saturated carbocycles. The Hall–Kier alpha value is -2.08. The van der Waals surface area contributed by atoms with Crippen molar-refractivity contribution in [2.45, 2.75) is 0 Å². The number of nitrogens with zero attached hydrogens (tertiary/aromatic N) is 1. The van der Waals surface area contributed by atoms with Crippen LogP contribution in [0.3, 0.4) is 0 Å². The number of nitrogens with one attached hydrogen (secondary N) is 1. The molecule has 6 nitrogen and oxygen atoms in total. The number of carbonyl (C=O) groups excluding carboxylic acids is 2. The van der Waals surface area contributed by atoms with Crippen LogP contribution in [0.5, 0.6) is 5.75 Å². The lowest BCUT2D eigenvalue weighted by Crippen LogP contribution is -2.45. The second-order valence-corrected chi connectivity index (χ2v) is 4.39. The number of methoxy groups -OCH3 is 1. The van der Waals surface area contributed by atoms with Crippen molar-refractivity contribution in [1.29, 1.82) is 0 Å². The van der Waals surface area contributed by atoms with E-state index < -0.39 is 0 Å². The number of carbonyl (C=O) groups is 2. The highest BCUT2D eigenvalue weighted by atomic mass is 16.5. The lowest BCUT2D eigenvalue weighted by molar-refractivity contribution is -0.142. The molecule has 0 aliphatic carbocycles. The fraction of sp³-hybridized carbons (Fsp3) is 0.429. The summed E-state index contributed by atoms with van der Waals surface area (Å²) < 4.78 is 10.2. The standard InChI is InChI=1S/C14H18N2O4/c1-19-12-5-3-2-4-11(12)14(18)15-6-7-16-8-9-20-10-13(16)17/h2-5H,6-10H2,1H3,(H,15,18). The Morgan fingerprint density at radius 2 is 2.25 bits per heavy atom. The topological polar surface area (TPSA) is 67.9 Å². The maximum Gasteiger partial charge on any atom is 0.255 e. The molecule has 1 aliphatic rings. The highest BCUT2D eigenvalue weighted by Gasteiger charge is 2.18. The zero-order valence-electron chi connectivity index (χ0n) is 11.4. The second-order valence-electron chi connectivity index (χ2n) is 4.39. The van der Waals surface area contributed by atoms with Crippen molar-refractivity contribution in [3.8, 4) is 5.75 Å². The summed E-state index contributed by atoms with van der Waals surface area (Å²) in [6.45, 7) is 2.14. The summed E-state index contributed by atoms with van der Waals surface area (Å²) in [6, 6.07) is 7.03. The third-order valence-electron chi connectivity index (χ3n) is 3.10. The zero-order valence-corrected chi connectivity index (χ0v) is 11.4. The molecule has 20 heavy (non-hydrogen) atoms. The maximum absolute atomic E-state index is 12.0. The van der Waals surface area contributed by atoms with E-state index >= 15 is 0 Å². The van der Waals surface area contributed by atoms with Crippen LogP contribution in [0.1, 0.15) is 10.4 Å². The molecule has 2 amide bonds. The van der Waals surface area contributed by atoms with Crippen LogP contribution in [0.4, 0.5) is 0 Å². The van der Waals surface area contributed by atoms with Gasteiger partial charge in [0.05, 0.1) is 19.3 Å². The second kappa shape index (κ2) is 6.91. The molecule has 0 atom stereocenters. The fourth-order valence-corrected chi connectivity index (χ4v) is 2.02. The molecule has 1 heterocycles. The van der Waals surface area contributed by atoms with Gasteiger partial charge in [0.2, 0.25) is 5.91 Å². The first kappa shape index (κ1) is 14.3. The summed E-state index contributed by atoms with van der Waals surface area (Å²) in [7, 11) is 1.53. The summed E-state index contributed by atoms with van der Waals surface area (Å²) in [4.78, 5) is 25.2. The fourth-order valence-electron chi connectivity index (χ4n) is 2.02. The van der Waals surface area contributed by atoms with Crippen molar-refractivity contribution in [2.24, 2.45) is 0 Å². The third kappa shape index (κ3) is 3.48. The summed E-state index contributed by atoms with van der Waals surface area (Å²) in [5, 5.41) is 2.79. The molecule has 0 spiro atoms. The van der Waals surface area contributed by atoms with Gasteiger partial charge in [0.1, 0.15) is 12.4 Å². The van der Waals surface area contributed by atoms with Gasteiger partial charge in [-0.2, -0.15) is 0 Å². The Morgan fingerprint density at radius 1 is 1.45 bits per heavy atom. The number of benzene rings is 1. The molecule has 0 radical (unpaired) electrons. The first-order valence-corrected chi connectivity index (χ1v) is 6.49. The number of hydrogen-bond acceptors (Lipinski definition) is 4. The van der Waals surface area contributed by atoms with Gasteiger partial charge in [-0.15, -0.1) is 0 Å². The molecule has 1 fully saturated rings. The number of para-hydroxylation sites is 1. The van der Waals surface area contributed by atoms with Crippen LogP contribution >= 0.6 is 0 Å². The van der Waals surface area contributed by atoms with Crippen LogP contribution in [-0.4, -0.2) is 56.7 Å². The van der Waals surface area contributed by atoms with Crippen molar-refractivity contribution >= 4 is 11.8 Å². The van der Waals surface area contributed by atoms with E-state index in [-0.39, 0.29) is 18.4 Å². The van der Waals surface area contributed by atoms with E-state index in [4.69, 9.17) is 9.47 Å². The molecule has 2 rings (SSSR count). The normalized spacial score (nSPS) is 15.1. The SMILES string of the molecule is COc1ccccc1C(=O)NCCN1CCOCC1=O. The monoisotopic (exact) mass is 278 g/mol. The molecule has 1 saturated heterocycles. The van der Waals surface area contributed by atoms with E-state index in [0.29, 0.717) is 37.6 Å². The lowest BCUT2D eigenvalue weighted by atomic mass is 10.2. The molecule has 1 aromatic carbocycles. The van der Waals surface area contributed by atoms with Crippen molar-refractivity contribution in [1.82, 2.24) is 10.2 Å². The predicted molar refractivity (Wildman–Crippen MR) is 72.7 cm³/mol. The minimum Gasteiger partial charge on any atom is -0.496 e. The molecular weight excluding hydrogens is 260 g/mol. The van der Waals surface area contributed by atoms with E-state index in [1.807, 2.05) is 6.07 Å². The highest BCUT2D eigenvalue weighted by molar-refractivity contribution is 5.96. The molecule has 0 bridgehead atoms. The van der Waals surface area contributed by atoms with Crippen LogP contribution in [0.25, 0.3) is 0 Å². The van der Waals surface area contributed by atoms with Gasteiger partial charge in [-0.3, -0.25) is 9.59 Å². The first-order chi connectivity index (χ1) is 9.72. The molecule has 1 aromatic rings. The number of rotatable bonds is 5. The third-order valence-corrected chi connectivity index (χ3v) is 3.10. The Kier molecular flexibility index (Phi) is 4.95. The first-order valence-electron chi connectivity index (χ1n) is 6.49. The lowest BCUT2D eigenvalue weighted by Gasteiger charge is -2.26. The highest BCUT2D eigenvalue weighted by Crippen LogP contribution is 2.16. The van der Waals surface area contributed by atoms with Crippen molar-refractivity contribution in [3.05, 3.63) is 29.8 Å². The van der Waals surface area contributed by atoms with Crippen LogP contribution in [-0.2, 0) is 9.53 Å². The molecule has 0 unspecified atom stereocenters. The van der Waals surface area contributed by atoms with Crippen molar-refractivity contribution in [3.63, 3.8) is 0 Å². The van der Waals surface area contributed by atoms with E-state index in [9.17, 15) is 9.59 Å². The number of amides is 2. The van der Waals surface area contributed by atoms with Gasteiger partial charge in [-0.25, -0.2) is 0 Å². The van der Waals surface area contributed by atoms with Crippen LogP contribution in [0.2, 0.25) is 0 Å². The van der Waals surface area contributed by atoms with Crippen LogP contribution in [0, 0.1) is 0 Å². The van der Waals surface area contributed by atoms with Gasteiger partial charge in [0.25, 0.3) is 5.91 Å². The molecule has 0 aromatic heterocycles. The molecule has 6 heteroatoms. The van der Waals surface area contributed by atoms with Gasteiger partial charge >= 0.3 is 0 Å². The average molecular weight is 278 g/mol. The Balaban J connectivity index is 1.84. The van der Waals surface area contributed by atoms with Gasteiger partial charge in [0.15, 0.2) is 0 Å². The average Bonchev–Trinajstić information content (AvgIpc) is 2.49. The van der Waals surface area contributed by atoms with E-state index in [1.165, 1.54) is 7.11 Å². The van der Waals surface area contributed by atoms with Crippen molar-refractivity contribution < 1.29 is 19.1 Å². The van der Waals surface area contributed by atoms with Crippen molar-refractivity contribution in [2.75, 3.05) is 40.0 Å². The number of hydrogen-bond donors (Lipinski definition) is 1. The molecular formula is C14H18N2O4. The van der Waals surface area contributed by atoms with Gasteiger partial charge in [0, 0.05) is 19.6 Å². The van der Waals surface area contributed by atoms with E-state index in [2.05, 4.69) is 5.32 Å². The van der Waals surface area contributed by atoms with Gasteiger partial charge < -0.3 is 19.7 Å². The zero-order chi connectivity index (χ0) is 14.4. The Bertz CT molecular complexity index is 490. The largest absolute Gasteiger partial charge is 0.496 e. The summed E-state index contributed by atoms with van der Waals surface area (Å²) in [5.41, 5.74) is 0.489. The van der Waals surface area contributed by atoms with E-state index in [0.717, 1.165) is 0 Å². The van der Waals surface area contributed by atoms with E-state index in [1.54, 1.807) is 23.1 Å². The minimum absolute atomic E-state index is 0.0391. The molecule has 1 N–H and O–H groups in total. The minimum atomic E-state index is -0.205. The summed E-state index contributed by atoms with van der Waals surface area (Å²) >= 11 is 0. The predicted octanol–water partition coefficient (Wildman–Crippen LogP) is 0.284. The number of morpholine rings is 1. The van der Waals surface area contributed by atoms with Crippen LogP contribution < -0.4 is 10.1 Å². The summed E-state index contributed by atoms with van der Waals surface area (Å²) in [5.74, 6) is 0.290. The van der Waals surface area contributed by atoms with Gasteiger partial charge in [-0.05, 0) is 12.1 Å². The smallest absolute Gasteiger partial charge is 0.255 e. The Morgan fingerprint density at radius 3 is 3.00 bits per heavy atom. The Labute approximate surface area is 117 Å². The van der Waals surface area contributed by atoms with Crippen LogP contribution in [0.15, 0.2) is 24.3 Å². The molecule has 108 valence electrons.